The predicted octanol–water partition coefficient (Wildman–Crippen LogP) is 3.04. The molecule has 1 aliphatic rings. The summed E-state index contributed by atoms with van der Waals surface area (Å²) >= 11 is 0. The predicted molar refractivity (Wildman–Crippen MR) is 69.5 cm³/mol. The molecule has 1 saturated heterocycles. The lowest BCUT2D eigenvalue weighted by Gasteiger charge is -2.33. The molecule has 0 amide bonds. The molecule has 0 spiro atoms. The second-order valence-electron chi connectivity index (χ2n) is 4.61. The summed E-state index contributed by atoms with van der Waals surface area (Å²) in [5.74, 6) is -0.137. The molecule has 3 atom stereocenters. The fourth-order valence-electron chi connectivity index (χ4n) is 2.09. The van der Waals surface area contributed by atoms with Crippen molar-refractivity contribution in [2.24, 2.45) is 5.92 Å². The molecule has 4 heteroatoms. The van der Waals surface area contributed by atoms with Crippen LogP contribution in [0.25, 0.3) is 0 Å². The van der Waals surface area contributed by atoms with E-state index in [9.17, 15) is 9.59 Å². The molecule has 1 aromatic rings. The van der Waals surface area contributed by atoms with E-state index in [0.717, 1.165) is 5.56 Å². The first-order valence-electron chi connectivity index (χ1n) is 6.19. The number of allylic oxidation sites excluding steroid dienone is 1. The maximum Gasteiger partial charge on any atom is 0.509 e. The van der Waals surface area contributed by atoms with Crippen molar-refractivity contribution in [2.75, 3.05) is 0 Å². The minimum atomic E-state index is -0.704. The van der Waals surface area contributed by atoms with Gasteiger partial charge in [-0.05, 0) is 24.6 Å². The minimum Gasteiger partial charge on any atom is -0.426 e. The summed E-state index contributed by atoms with van der Waals surface area (Å²) in [6.07, 6.45) is 1.52. The van der Waals surface area contributed by atoms with Gasteiger partial charge in [-0.15, -0.1) is 0 Å². The number of hydrogen-bond donors (Lipinski definition) is 0. The molecular weight excluding hydrogens is 244 g/mol. The third-order valence-electron chi connectivity index (χ3n) is 3.10. The van der Waals surface area contributed by atoms with E-state index in [-0.39, 0.29) is 17.8 Å². The van der Waals surface area contributed by atoms with Crippen LogP contribution in [0.3, 0.4) is 0 Å². The Bertz CT molecular complexity index is 492. The fraction of sp³-hybridized carbons (Fsp3) is 0.333. The van der Waals surface area contributed by atoms with Crippen molar-refractivity contribution in [2.45, 2.75) is 26.1 Å². The second kappa shape index (κ2) is 5.69. The van der Waals surface area contributed by atoms with E-state index in [4.69, 9.17) is 9.47 Å². The number of ketones is 1. The summed E-state index contributed by atoms with van der Waals surface area (Å²) in [6, 6.07) is 9.51. The highest BCUT2D eigenvalue weighted by Gasteiger charge is 2.36. The van der Waals surface area contributed by atoms with E-state index in [0.29, 0.717) is 0 Å². The Balaban J connectivity index is 2.21. The third-order valence-corrected chi connectivity index (χ3v) is 3.10. The fourth-order valence-corrected chi connectivity index (χ4v) is 2.09. The number of hydrogen-bond acceptors (Lipinski definition) is 4. The van der Waals surface area contributed by atoms with E-state index in [1.807, 2.05) is 37.3 Å². The normalized spacial score (nSPS) is 26.8. The molecule has 0 aromatic heterocycles. The Kier molecular flexibility index (Phi) is 4.00. The SMILES string of the molecule is CC(=O)/C=C/[C@@H]1OC(=O)O[C@@H](c2ccccc2)[C@H]1C. The Hall–Kier alpha value is -2.10. The highest BCUT2D eigenvalue weighted by molar-refractivity contribution is 5.87. The highest BCUT2D eigenvalue weighted by Crippen LogP contribution is 2.34. The van der Waals surface area contributed by atoms with Crippen molar-refractivity contribution in [1.29, 1.82) is 0 Å². The summed E-state index contributed by atoms with van der Waals surface area (Å²) in [6.45, 7) is 3.39. The number of ether oxygens (including phenoxy) is 2. The van der Waals surface area contributed by atoms with Gasteiger partial charge in [0, 0.05) is 5.92 Å². The van der Waals surface area contributed by atoms with Crippen molar-refractivity contribution in [1.82, 2.24) is 0 Å². The van der Waals surface area contributed by atoms with E-state index < -0.39 is 12.3 Å². The minimum absolute atomic E-state index is 0.0595. The van der Waals surface area contributed by atoms with Crippen LogP contribution >= 0.6 is 0 Å². The zero-order chi connectivity index (χ0) is 13.8. The van der Waals surface area contributed by atoms with Crippen LogP contribution in [0.4, 0.5) is 4.79 Å². The van der Waals surface area contributed by atoms with Gasteiger partial charge in [0.25, 0.3) is 0 Å². The first-order chi connectivity index (χ1) is 9.08. The van der Waals surface area contributed by atoms with E-state index in [2.05, 4.69) is 0 Å². The molecule has 1 aromatic carbocycles. The van der Waals surface area contributed by atoms with Gasteiger partial charge in [0.1, 0.15) is 12.2 Å². The van der Waals surface area contributed by atoms with Gasteiger partial charge in [0.15, 0.2) is 5.78 Å². The van der Waals surface area contributed by atoms with Crippen molar-refractivity contribution in [3.05, 3.63) is 48.0 Å². The summed E-state index contributed by atoms with van der Waals surface area (Å²) in [5, 5.41) is 0. The quantitative estimate of drug-likeness (QED) is 0.619. The van der Waals surface area contributed by atoms with Crippen LogP contribution in [0.5, 0.6) is 0 Å². The Morgan fingerprint density at radius 1 is 1.21 bits per heavy atom. The van der Waals surface area contributed by atoms with Crippen molar-refractivity contribution >= 4 is 11.9 Å². The van der Waals surface area contributed by atoms with E-state index in [1.54, 1.807) is 6.08 Å². The number of benzene rings is 1. The lowest BCUT2D eigenvalue weighted by molar-refractivity contribution is -0.113. The molecule has 100 valence electrons. The van der Waals surface area contributed by atoms with Crippen LogP contribution in [0.1, 0.15) is 25.5 Å². The molecule has 0 unspecified atom stereocenters. The molecule has 4 nitrogen and oxygen atoms in total. The molecule has 19 heavy (non-hydrogen) atoms. The molecule has 0 radical (unpaired) electrons. The lowest BCUT2D eigenvalue weighted by Crippen LogP contribution is -2.36. The van der Waals surface area contributed by atoms with Crippen LogP contribution in [0.2, 0.25) is 0 Å². The maximum absolute atomic E-state index is 11.5. The van der Waals surface area contributed by atoms with Crippen LogP contribution in [0.15, 0.2) is 42.5 Å². The average Bonchev–Trinajstić information content (AvgIpc) is 2.40. The topological polar surface area (TPSA) is 52.6 Å². The molecule has 0 aliphatic carbocycles. The Morgan fingerprint density at radius 3 is 2.53 bits per heavy atom. The van der Waals surface area contributed by atoms with Gasteiger partial charge in [0.2, 0.25) is 0 Å². The van der Waals surface area contributed by atoms with Gasteiger partial charge >= 0.3 is 6.16 Å². The number of cyclic esters (lactones) is 2. The van der Waals surface area contributed by atoms with Gasteiger partial charge in [-0.2, -0.15) is 0 Å². The van der Waals surface area contributed by atoms with Crippen LogP contribution in [0, 0.1) is 5.92 Å². The largest absolute Gasteiger partial charge is 0.509 e. The van der Waals surface area contributed by atoms with Gasteiger partial charge in [-0.1, -0.05) is 37.3 Å². The van der Waals surface area contributed by atoms with Crippen molar-refractivity contribution < 1.29 is 19.1 Å². The van der Waals surface area contributed by atoms with E-state index >= 15 is 0 Å². The monoisotopic (exact) mass is 260 g/mol. The van der Waals surface area contributed by atoms with Gasteiger partial charge in [-0.3, -0.25) is 4.79 Å². The van der Waals surface area contributed by atoms with Crippen molar-refractivity contribution in [3.8, 4) is 0 Å². The Labute approximate surface area is 112 Å². The molecule has 1 aliphatic heterocycles. The smallest absolute Gasteiger partial charge is 0.426 e. The molecule has 1 heterocycles. The first-order valence-corrected chi connectivity index (χ1v) is 6.19. The average molecular weight is 260 g/mol. The number of carbonyl (C=O) groups excluding carboxylic acids is 2. The summed E-state index contributed by atoms with van der Waals surface area (Å²) in [4.78, 5) is 22.5. The summed E-state index contributed by atoms with van der Waals surface area (Å²) in [5.41, 5.74) is 0.924. The van der Waals surface area contributed by atoms with Gasteiger partial charge < -0.3 is 9.47 Å². The molecule has 0 N–H and O–H groups in total. The molecule has 0 saturated carbocycles. The first kappa shape index (κ1) is 13.3. The maximum atomic E-state index is 11.5. The Morgan fingerprint density at radius 2 is 1.89 bits per heavy atom. The zero-order valence-corrected chi connectivity index (χ0v) is 10.9. The van der Waals surface area contributed by atoms with Crippen molar-refractivity contribution in [3.63, 3.8) is 0 Å². The van der Waals surface area contributed by atoms with E-state index in [1.165, 1.54) is 13.0 Å². The van der Waals surface area contributed by atoms with Gasteiger partial charge in [0.05, 0.1) is 0 Å². The number of rotatable bonds is 3. The second-order valence-corrected chi connectivity index (χ2v) is 4.61. The standard InChI is InChI=1S/C15H16O4/c1-10(16)8-9-13-11(2)14(19-15(17)18-13)12-6-4-3-5-7-12/h3-9,11,13-14H,1-2H3/b9-8+/t11-,13-,14+/m0/s1. The summed E-state index contributed by atoms with van der Waals surface area (Å²) < 4.78 is 10.3. The van der Waals surface area contributed by atoms with Crippen LogP contribution in [-0.4, -0.2) is 18.0 Å². The van der Waals surface area contributed by atoms with Crippen LogP contribution < -0.4 is 0 Å². The third kappa shape index (κ3) is 3.22. The zero-order valence-electron chi connectivity index (χ0n) is 10.9. The summed E-state index contributed by atoms with van der Waals surface area (Å²) in [7, 11) is 0. The highest BCUT2D eigenvalue weighted by atomic mass is 16.7. The molecule has 0 bridgehead atoms. The number of carbonyl (C=O) groups is 2. The molecule has 1 fully saturated rings. The van der Waals surface area contributed by atoms with Crippen LogP contribution in [-0.2, 0) is 14.3 Å². The molecule has 2 rings (SSSR count). The molecular formula is C15H16O4. The lowest BCUT2D eigenvalue weighted by atomic mass is 9.91. The van der Waals surface area contributed by atoms with Gasteiger partial charge in [-0.25, -0.2) is 4.79 Å².